The number of hydrogen-bond donors (Lipinski definition) is 1. The van der Waals surface area contributed by atoms with Crippen LogP contribution in [0.3, 0.4) is 0 Å². The standard InChI is InChI=1S/C26H26F2N2O3/c1-32-19-8-6-18(7-9-19)30-23-12-15-4-3-5-20(21(15)10-17(23)14-29-30)26(31)16-11-22(27)25(28)24(13-16)33-2/h6-9,11-14,20-21,26,31H,3-5,10H2,1-2H3/t20-,21?,26-/m0/s1. The third kappa shape index (κ3) is 3.80. The maximum absolute atomic E-state index is 14.1. The number of ether oxygens (including phenoxy) is 2. The van der Waals surface area contributed by atoms with Gasteiger partial charge in [0.1, 0.15) is 5.75 Å². The van der Waals surface area contributed by atoms with Gasteiger partial charge in [-0.1, -0.05) is 5.57 Å². The molecule has 3 atom stereocenters. The van der Waals surface area contributed by atoms with E-state index < -0.39 is 17.7 Å². The molecule has 0 bridgehead atoms. The summed E-state index contributed by atoms with van der Waals surface area (Å²) in [6.07, 6.45) is 6.59. The van der Waals surface area contributed by atoms with Crippen molar-refractivity contribution in [2.24, 2.45) is 11.8 Å². The average Bonchev–Trinajstić information content (AvgIpc) is 3.26. The minimum absolute atomic E-state index is 0.1000. The van der Waals surface area contributed by atoms with Crippen molar-refractivity contribution < 1.29 is 23.4 Å². The van der Waals surface area contributed by atoms with E-state index in [-0.39, 0.29) is 17.6 Å². The highest BCUT2D eigenvalue weighted by atomic mass is 19.2. The predicted molar refractivity (Wildman–Crippen MR) is 120 cm³/mol. The molecule has 2 aliphatic carbocycles. The van der Waals surface area contributed by atoms with Crippen molar-refractivity contribution in [3.63, 3.8) is 0 Å². The number of rotatable bonds is 5. The average molecular weight is 453 g/mol. The SMILES string of the molecule is COc1ccc(-n2ncc3c2C=C2CCC[C@H]([C@@H](O)c4cc(F)c(F)c(OC)c4)C2C3)cc1. The van der Waals surface area contributed by atoms with E-state index in [0.717, 1.165) is 54.4 Å². The summed E-state index contributed by atoms with van der Waals surface area (Å²) in [7, 11) is 2.93. The van der Waals surface area contributed by atoms with Gasteiger partial charge in [-0.3, -0.25) is 0 Å². The van der Waals surface area contributed by atoms with Gasteiger partial charge >= 0.3 is 0 Å². The van der Waals surface area contributed by atoms with Crippen LogP contribution in [0.15, 0.2) is 48.2 Å². The zero-order valence-corrected chi connectivity index (χ0v) is 18.6. The fourth-order valence-electron chi connectivity index (χ4n) is 5.24. The molecule has 0 radical (unpaired) electrons. The molecule has 0 aliphatic heterocycles. The van der Waals surface area contributed by atoms with Crippen molar-refractivity contribution in [1.29, 1.82) is 0 Å². The Morgan fingerprint density at radius 1 is 1.12 bits per heavy atom. The lowest BCUT2D eigenvalue weighted by Gasteiger charge is -2.39. The first-order valence-corrected chi connectivity index (χ1v) is 11.1. The fourth-order valence-corrected chi connectivity index (χ4v) is 5.24. The third-order valence-corrected chi connectivity index (χ3v) is 6.95. The molecule has 0 saturated heterocycles. The van der Waals surface area contributed by atoms with Crippen LogP contribution in [0.4, 0.5) is 8.78 Å². The normalized spacial score (nSPS) is 20.5. The quantitative estimate of drug-likeness (QED) is 0.574. The fraction of sp³-hybridized carbons (Fsp3) is 0.346. The number of aromatic nitrogens is 2. The van der Waals surface area contributed by atoms with E-state index in [1.165, 1.54) is 18.7 Å². The highest BCUT2D eigenvalue weighted by Crippen LogP contribution is 2.47. The van der Waals surface area contributed by atoms with Crippen LogP contribution in [-0.4, -0.2) is 29.1 Å². The second kappa shape index (κ2) is 8.63. The summed E-state index contributed by atoms with van der Waals surface area (Å²) in [5, 5.41) is 15.8. The van der Waals surface area contributed by atoms with Crippen molar-refractivity contribution in [3.05, 3.63) is 76.6 Å². The number of allylic oxidation sites excluding steroid dienone is 1. The second-order valence-corrected chi connectivity index (χ2v) is 8.71. The van der Waals surface area contributed by atoms with E-state index >= 15 is 0 Å². The van der Waals surface area contributed by atoms with Gasteiger partial charge in [0.15, 0.2) is 11.6 Å². The molecule has 7 heteroatoms. The highest BCUT2D eigenvalue weighted by Gasteiger charge is 2.38. The molecule has 1 aromatic heterocycles. The van der Waals surface area contributed by atoms with Crippen molar-refractivity contribution in [2.45, 2.75) is 31.8 Å². The number of benzene rings is 2. The van der Waals surface area contributed by atoms with E-state index in [1.54, 1.807) is 7.11 Å². The molecule has 0 amide bonds. The van der Waals surface area contributed by atoms with Crippen molar-refractivity contribution >= 4 is 6.08 Å². The van der Waals surface area contributed by atoms with Crippen LogP contribution in [0.1, 0.15) is 42.2 Å². The Morgan fingerprint density at radius 3 is 2.64 bits per heavy atom. The van der Waals surface area contributed by atoms with Crippen LogP contribution in [0.25, 0.3) is 11.8 Å². The lowest BCUT2D eigenvalue weighted by molar-refractivity contribution is 0.0640. The van der Waals surface area contributed by atoms with E-state index in [9.17, 15) is 13.9 Å². The molecule has 5 nitrogen and oxygen atoms in total. The van der Waals surface area contributed by atoms with E-state index in [0.29, 0.717) is 5.56 Å². The second-order valence-electron chi connectivity index (χ2n) is 8.71. The molecule has 2 aliphatic rings. The van der Waals surface area contributed by atoms with Gasteiger partial charge < -0.3 is 14.6 Å². The number of methoxy groups -OCH3 is 2. The van der Waals surface area contributed by atoms with Crippen LogP contribution in [0.5, 0.6) is 11.5 Å². The lowest BCUT2D eigenvalue weighted by atomic mass is 9.67. The molecule has 0 spiro atoms. The van der Waals surface area contributed by atoms with Crippen molar-refractivity contribution in [1.82, 2.24) is 9.78 Å². The van der Waals surface area contributed by atoms with Crippen molar-refractivity contribution in [2.75, 3.05) is 14.2 Å². The zero-order valence-electron chi connectivity index (χ0n) is 18.6. The van der Waals surface area contributed by atoms with Gasteiger partial charge in [-0.15, -0.1) is 0 Å². The van der Waals surface area contributed by atoms with E-state index in [4.69, 9.17) is 9.47 Å². The smallest absolute Gasteiger partial charge is 0.200 e. The lowest BCUT2D eigenvalue weighted by Crippen LogP contribution is -2.31. The zero-order chi connectivity index (χ0) is 23.1. The van der Waals surface area contributed by atoms with Crippen LogP contribution >= 0.6 is 0 Å². The Hall–Kier alpha value is -3.19. The molecule has 172 valence electrons. The van der Waals surface area contributed by atoms with E-state index in [2.05, 4.69) is 11.2 Å². The molecule has 3 aromatic rings. The molecule has 1 saturated carbocycles. The summed E-state index contributed by atoms with van der Waals surface area (Å²) in [4.78, 5) is 0. The van der Waals surface area contributed by atoms with Gasteiger partial charge in [0.25, 0.3) is 0 Å². The molecule has 1 heterocycles. The third-order valence-electron chi connectivity index (χ3n) is 6.95. The molecule has 2 aromatic carbocycles. The summed E-state index contributed by atoms with van der Waals surface area (Å²) in [5.74, 6) is -1.43. The summed E-state index contributed by atoms with van der Waals surface area (Å²) >= 11 is 0. The number of aliphatic hydroxyl groups is 1. The minimum atomic E-state index is -1.04. The Balaban J connectivity index is 1.45. The first kappa shape index (κ1) is 21.6. The van der Waals surface area contributed by atoms with Gasteiger partial charge in [-0.05, 0) is 91.1 Å². The van der Waals surface area contributed by atoms with Crippen LogP contribution in [-0.2, 0) is 6.42 Å². The monoisotopic (exact) mass is 452 g/mol. The maximum Gasteiger partial charge on any atom is 0.200 e. The Kier molecular flexibility index (Phi) is 5.66. The van der Waals surface area contributed by atoms with Gasteiger partial charge in [-0.2, -0.15) is 9.49 Å². The molecule has 1 N–H and O–H groups in total. The first-order chi connectivity index (χ1) is 16.0. The minimum Gasteiger partial charge on any atom is -0.497 e. The number of halogens is 2. The Morgan fingerprint density at radius 2 is 1.91 bits per heavy atom. The van der Waals surface area contributed by atoms with Crippen LogP contribution in [0.2, 0.25) is 0 Å². The molecule has 1 unspecified atom stereocenters. The number of aliphatic hydroxyl groups excluding tert-OH is 1. The maximum atomic E-state index is 14.1. The van der Waals surface area contributed by atoms with Crippen LogP contribution < -0.4 is 9.47 Å². The Bertz CT molecular complexity index is 1200. The largest absolute Gasteiger partial charge is 0.497 e. The summed E-state index contributed by atoms with van der Waals surface area (Å²) < 4.78 is 40.1. The van der Waals surface area contributed by atoms with Gasteiger partial charge in [-0.25, -0.2) is 9.07 Å². The topological polar surface area (TPSA) is 56.5 Å². The molecular formula is C26H26F2N2O3. The molecule has 1 fully saturated rings. The summed E-state index contributed by atoms with van der Waals surface area (Å²) in [5.41, 5.74) is 4.73. The van der Waals surface area contributed by atoms with Gasteiger partial charge in [0.2, 0.25) is 5.82 Å². The van der Waals surface area contributed by atoms with Crippen molar-refractivity contribution in [3.8, 4) is 17.2 Å². The number of hydrogen-bond acceptors (Lipinski definition) is 4. The molecule has 33 heavy (non-hydrogen) atoms. The number of nitrogens with zero attached hydrogens (tertiary/aromatic N) is 2. The molecular weight excluding hydrogens is 426 g/mol. The summed E-state index contributed by atoms with van der Waals surface area (Å²) in [6.45, 7) is 0. The number of fused-ring (bicyclic) bond motifs is 2. The summed E-state index contributed by atoms with van der Waals surface area (Å²) in [6, 6.07) is 10.2. The Labute approximate surface area is 191 Å². The van der Waals surface area contributed by atoms with Gasteiger partial charge in [0.05, 0.1) is 37.9 Å². The highest BCUT2D eigenvalue weighted by molar-refractivity contribution is 5.60. The van der Waals surface area contributed by atoms with E-state index in [1.807, 2.05) is 35.1 Å². The predicted octanol–water partition coefficient (Wildman–Crippen LogP) is 5.26. The van der Waals surface area contributed by atoms with Gasteiger partial charge in [0, 0.05) is 0 Å². The first-order valence-electron chi connectivity index (χ1n) is 11.1. The molecule has 5 rings (SSSR count). The van der Waals surface area contributed by atoms with Crippen LogP contribution in [0, 0.1) is 23.5 Å².